The summed E-state index contributed by atoms with van der Waals surface area (Å²) in [5.41, 5.74) is 1.45. The zero-order chi connectivity index (χ0) is 17.3. The van der Waals surface area contributed by atoms with Gasteiger partial charge in [0.1, 0.15) is 0 Å². The zero-order valence-electron chi connectivity index (χ0n) is 12.4. The summed E-state index contributed by atoms with van der Waals surface area (Å²) < 4.78 is 37.5. The third kappa shape index (κ3) is 3.24. The predicted molar refractivity (Wildman–Crippen MR) is 81.4 cm³/mol. The molecule has 7 heteroatoms. The Balaban J connectivity index is 1.69. The molecule has 0 fully saturated rings. The molecule has 0 bridgehead atoms. The van der Waals surface area contributed by atoms with Crippen molar-refractivity contribution in [3.05, 3.63) is 64.7 Å². The van der Waals surface area contributed by atoms with Gasteiger partial charge >= 0.3 is 6.18 Å². The van der Waals surface area contributed by atoms with E-state index in [-0.39, 0.29) is 24.8 Å². The van der Waals surface area contributed by atoms with Crippen molar-refractivity contribution in [2.75, 3.05) is 5.32 Å². The number of rotatable bonds is 3. The summed E-state index contributed by atoms with van der Waals surface area (Å²) in [5, 5.41) is 5.32. The van der Waals surface area contributed by atoms with Gasteiger partial charge in [-0.1, -0.05) is 18.2 Å². The highest BCUT2D eigenvalue weighted by atomic mass is 19.4. The molecule has 2 N–H and O–H groups in total. The van der Waals surface area contributed by atoms with Gasteiger partial charge in [-0.25, -0.2) is 0 Å². The molecule has 0 saturated heterocycles. The number of amides is 2. The Bertz CT molecular complexity index is 798. The van der Waals surface area contributed by atoms with Crippen LogP contribution >= 0.6 is 0 Å². The van der Waals surface area contributed by atoms with Crippen LogP contribution in [0.5, 0.6) is 0 Å². The van der Waals surface area contributed by atoms with E-state index in [2.05, 4.69) is 10.6 Å². The maximum absolute atomic E-state index is 12.5. The predicted octanol–water partition coefficient (Wildman–Crippen LogP) is 3.13. The largest absolute Gasteiger partial charge is 0.416 e. The fourth-order valence-corrected chi connectivity index (χ4v) is 2.55. The Morgan fingerprint density at radius 1 is 1.12 bits per heavy atom. The number of halogens is 3. The van der Waals surface area contributed by atoms with Crippen LogP contribution in [-0.2, 0) is 23.9 Å². The molecule has 0 aromatic heterocycles. The first-order valence-corrected chi connectivity index (χ1v) is 7.20. The first-order chi connectivity index (χ1) is 11.3. The minimum atomic E-state index is -4.38. The van der Waals surface area contributed by atoms with Gasteiger partial charge in [0.05, 0.1) is 12.0 Å². The lowest BCUT2D eigenvalue weighted by Crippen LogP contribution is -2.24. The molecular formula is C17H13F3N2O2. The fourth-order valence-electron chi connectivity index (χ4n) is 2.55. The highest BCUT2D eigenvalue weighted by Gasteiger charge is 2.30. The van der Waals surface area contributed by atoms with E-state index >= 15 is 0 Å². The Labute approximate surface area is 135 Å². The van der Waals surface area contributed by atoms with Crippen LogP contribution in [0, 0.1) is 0 Å². The lowest BCUT2D eigenvalue weighted by atomic mass is 10.0. The van der Waals surface area contributed by atoms with Crippen molar-refractivity contribution in [2.45, 2.75) is 19.1 Å². The second kappa shape index (κ2) is 5.99. The molecule has 1 aliphatic heterocycles. The van der Waals surface area contributed by atoms with Gasteiger partial charge in [-0.2, -0.15) is 13.2 Å². The molecule has 1 aliphatic rings. The van der Waals surface area contributed by atoms with Gasteiger partial charge < -0.3 is 10.6 Å². The average molecular weight is 334 g/mol. The van der Waals surface area contributed by atoms with E-state index in [1.165, 1.54) is 12.1 Å². The number of carbonyl (C=O) groups is 2. The molecule has 0 saturated carbocycles. The van der Waals surface area contributed by atoms with Gasteiger partial charge in [0, 0.05) is 17.8 Å². The lowest BCUT2D eigenvalue weighted by Gasteiger charge is -2.10. The van der Waals surface area contributed by atoms with Crippen LogP contribution < -0.4 is 10.6 Å². The fraction of sp³-hybridized carbons (Fsp3) is 0.176. The number of alkyl halides is 3. The summed E-state index contributed by atoms with van der Waals surface area (Å²) in [4.78, 5) is 23.7. The summed E-state index contributed by atoms with van der Waals surface area (Å²) >= 11 is 0. The molecule has 0 atom stereocenters. The van der Waals surface area contributed by atoms with E-state index < -0.39 is 11.7 Å². The summed E-state index contributed by atoms with van der Waals surface area (Å²) in [6, 6.07) is 9.59. The summed E-state index contributed by atoms with van der Waals surface area (Å²) in [5.74, 6) is -0.545. The number of carbonyl (C=O) groups excluding carboxylic acids is 2. The number of hydrogen-bond donors (Lipinski definition) is 2. The smallest absolute Gasteiger partial charge is 0.348 e. The second-order valence-corrected chi connectivity index (χ2v) is 5.43. The van der Waals surface area contributed by atoms with Crippen LogP contribution in [0.2, 0.25) is 0 Å². The van der Waals surface area contributed by atoms with Crippen LogP contribution in [-0.4, -0.2) is 11.8 Å². The standard InChI is InChI=1S/C17H13F3N2O2/c18-17(19,20)11-6-4-10(5-7-11)9-21-16(24)12-2-1-3-14-13(12)8-15(23)22-14/h1-7H,8-9H2,(H,21,24)(H,22,23). The van der Waals surface area contributed by atoms with E-state index in [0.29, 0.717) is 22.4 Å². The lowest BCUT2D eigenvalue weighted by molar-refractivity contribution is -0.137. The maximum atomic E-state index is 12.5. The maximum Gasteiger partial charge on any atom is 0.416 e. The van der Waals surface area contributed by atoms with E-state index in [9.17, 15) is 22.8 Å². The van der Waals surface area contributed by atoms with Crippen molar-refractivity contribution in [3.63, 3.8) is 0 Å². The summed E-state index contributed by atoms with van der Waals surface area (Å²) in [6.07, 6.45) is -4.24. The number of hydrogen-bond acceptors (Lipinski definition) is 2. The average Bonchev–Trinajstić information content (AvgIpc) is 2.92. The quantitative estimate of drug-likeness (QED) is 0.906. The summed E-state index contributed by atoms with van der Waals surface area (Å²) in [6.45, 7) is 0.0992. The number of benzene rings is 2. The number of anilines is 1. The van der Waals surface area contributed by atoms with Crippen molar-refractivity contribution in [3.8, 4) is 0 Å². The molecule has 0 radical (unpaired) electrons. The molecular weight excluding hydrogens is 321 g/mol. The van der Waals surface area contributed by atoms with Crippen LogP contribution in [0.1, 0.15) is 27.0 Å². The van der Waals surface area contributed by atoms with Gasteiger partial charge in [-0.15, -0.1) is 0 Å². The Morgan fingerprint density at radius 3 is 2.50 bits per heavy atom. The zero-order valence-corrected chi connectivity index (χ0v) is 12.4. The van der Waals surface area contributed by atoms with Crippen molar-refractivity contribution in [2.24, 2.45) is 0 Å². The molecule has 0 aliphatic carbocycles. The van der Waals surface area contributed by atoms with Crippen LogP contribution in [0.15, 0.2) is 42.5 Å². The molecule has 1 heterocycles. The van der Waals surface area contributed by atoms with Crippen molar-refractivity contribution >= 4 is 17.5 Å². The highest BCUT2D eigenvalue weighted by molar-refractivity contribution is 6.05. The Hall–Kier alpha value is -2.83. The first kappa shape index (κ1) is 16.0. The third-order valence-electron chi connectivity index (χ3n) is 3.77. The SMILES string of the molecule is O=C1Cc2c(cccc2C(=O)NCc2ccc(C(F)(F)F)cc2)N1. The topological polar surface area (TPSA) is 58.2 Å². The second-order valence-electron chi connectivity index (χ2n) is 5.43. The monoisotopic (exact) mass is 334 g/mol. The van der Waals surface area contributed by atoms with E-state index in [4.69, 9.17) is 0 Å². The molecule has 124 valence electrons. The molecule has 0 spiro atoms. The normalized spacial score (nSPS) is 13.4. The van der Waals surface area contributed by atoms with Crippen LogP contribution in [0.25, 0.3) is 0 Å². The minimum absolute atomic E-state index is 0.0992. The van der Waals surface area contributed by atoms with Crippen molar-refractivity contribution < 1.29 is 22.8 Å². The Morgan fingerprint density at radius 2 is 1.83 bits per heavy atom. The number of fused-ring (bicyclic) bond motifs is 1. The molecule has 4 nitrogen and oxygen atoms in total. The summed E-state index contributed by atoms with van der Waals surface area (Å²) in [7, 11) is 0. The van der Waals surface area contributed by atoms with Crippen LogP contribution in [0.4, 0.5) is 18.9 Å². The third-order valence-corrected chi connectivity index (χ3v) is 3.77. The highest BCUT2D eigenvalue weighted by Crippen LogP contribution is 2.29. The molecule has 2 aromatic carbocycles. The molecule has 2 aromatic rings. The van der Waals surface area contributed by atoms with Gasteiger partial charge in [-0.05, 0) is 35.4 Å². The van der Waals surface area contributed by atoms with Gasteiger partial charge in [0.2, 0.25) is 5.91 Å². The van der Waals surface area contributed by atoms with Crippen molar-refractivity contribution in [1.82, 2.24) is 5.32 Å². The van der Waals surface area contributed by atoms with E-state index in [1.54, 1.807) is 18.2 Å². The van der Waals surface area contributed by atoms with Gasteiger partial charge in [0.15, 0.2) is 0 Å². The number of nitrogens with one attached hydrogen (secondary N) is 2. The Kier molecular flexibility index (Phi) is 4.01. The van der Waals surface area contributed by atoms with E-state index in [0.717, 1.165) is 12.1 Å². The van der Waals surface area contributed by atoms with Crippen LogP contribution in [0.3, 0.4) is 0 Å². The first-order valence-electron chi connectivity index (χ1n) is 7.20. The molecule has 24 heavy (non-hydrogen) atoms. The molecule has 2 amide bonds. The van der Waals surface area contributed by atoms with Gasteiger partial charge in [-0.3, -0.25) is 9.59 Å². The molecule has 0 unspecified atom stereocenters. The molecule has 3 rings (SSSR count). The van der Waals surface area contributed by atoms with E-state index in [1.807, 2.05) is 0 Å². The minimum Gasteiger partial charge on any atom is -0.348 e. The van der Waals surface area contributed by atoms with Gasteiger partial charge in [0.25, 0.3) is 5.91 Å². The van der Waals surface area contributed by atoms with Crippen molar-refractivity contribution in [1.29, 1.82) is 0 Å².